The number of aromatic nitrogens is 1. The van der Waals surface area contributed by atoms with Gasteiger partial charge in [0.25, 0.3) is 0 Å². The Bertz CT molecular complexity index is 170. The number of hydrogen-bond acceptors (Lipinski definition) is 2. The molecule has 0 amide bonds. The van der Waals surface area contributed by atoms with Gasteiger partial charge in [0.2, 0.25) is 0 Å². The van der Waals surface area contributed by atoms with E-state index in [1.165, 1.54) is 0 Å². The molecule has 0 bridgehead atoms. The van der Waals surface area contributed by atoms with Crippen LogP contribution in [0.4, 0.5) is 5.69 Å². The van der Waals surface area contributed by atoms with E-state index < -0.39 is 0 Å². The molecular weight excluding hydrogens is 112 g/mol. The van der Waals surface area contributed by atoms with Gasteiger partial charge in [0.1, 0.15) is 0 Å². The van der Waals surface area contributed by atoms with E-state index in [2.05, 4.69) is 11.2 Å². The van der Waals surface area contributed by atoms with Gasteiger partial charge in [-0.15, -0.1) is 0 Å². The fraction of sp³-hybridized carbons (Fsp3) is 0.286. The lowest BCUT2D eigenvalue weighted by Crippen LogP contribution is -2.07. The quantitative estimate of drug-likeness (QED) is 0.550. The molecule has 2 nitrogen and oxygen atoms in total. The summed E-state index contributed by atoms with van der Waals surface area (Å²) in [5.74, 6) is 0. The van der Waals surface area contributed by atoms with E-state index in [9.17, 15) is 0 Å². The van der Waals surface area contributed by atoms with Gasteiger partial charge in [-0.25, -0.2) is 0 Å². The Morgan fingerprint density at radius 3 is 2.67 bits per heavy atom. The highest BCUT2D eigenvalue weighted by molar-refractivity contribution is 5.41. The highest BCUT2D eigenvalue weighted by Crippen LogP contribution is 2.05. The molecule has 0 aromatic carbocycles. The van der Waals surface area contributed by atoms with Gasteiger partial charge in [-0.1, -0.05) is 0 Å². The van der Waals surface area contributed by atoms with E-state index in [1.807, 2.05) is 31.1 Å². The van der Waals surface area contributed by atoms with Crippen molar-refractivity contribution in [1.82, 2.24) is 4.98 Å². The van der Waals surface area contributed by atoms with Crippen LogP contribution in [0.5, 0.6) is 0 Å². The van der Waals surface area contributed by atoms with E-state index >= 15 is 0 Å². The molecule has 1 radical (unpaired) electrons. The van der Waals surface area contributed by atoms with Crippen molar-refractivity contribution >= 4 is 5.69 Å². The summed E-state index contributed by atoms with van der Waals surface area (Å²) in [4.78, 5) is 5.79. The first-order chi connectivity index (χ1) is 4.30. The average molecular weight is 121 g/mol. The van der Waals surface area contributed by atoms with Gasteiger partial charge in [-0.2, -0.15) is 0 Å². The average Bonchev–Trinajstić information content (AvgIpc) is 1.90. The van der Waals surface area contributed by atoms with Crippen molar-refractivity contribution in [3.63, 3.8) is 0 Å². The number of pyridine rings is 1. The van der Waals surface area contributed by atoms with Crippen LogP contribution in [0.25, 0.3) is 0 Å². The highest BCUT2D eigenvalue weighted by atomic mass is 15.1. The SMILES string of the molecule is CN(C)c1c[c]ncc1. The summed E-state index contributed by atoms with van der Waals surface area (Å²) < 4.78 is 0. The van der Waals surface area contributed by atoms with Gasteiger partial charge in [-0.05, 0) is 12.1 Å². The molecule has 0 saturated heterocycles. The summed E-state index contributed by atoms with van der Waals surface area (Å²) >= 11 is 0. The second-order valence-corrected chi connectivity index (χ2v) is 2.04. The molecule has 0 aliphatic carbocycles. The molecule has 47 valence electrons. The summed E-state index contributed by atoms with van der Waals surface area (Å²) in [6.45, 7) is 0. The summed E-state index contributed by atoms with van der Waals surface area (Å²) in [5.41, 5.74) is 1.13. The molecule has 1 rings (SSSR count). The van der Waals surface area contributed by atoms with Crippen LogP contribution < -0.4 is 4.90 Å². The molecule has 0 saturated carbocycles. The van der Waals surface area contributed by atoms with Crippen LogP contribution >= 0.6 is 0 Å². The van der Waals surface area contributed by atoms with Crippen molar-refractivity contribution in [2.24, 2.45) is 0 Å². The predicted molar refractivity (Wildman–Crippen MR) is 37.4 cm³/mol. The fourth-order valence-corrected chi connectivity index (χ4v) is 0.586. The van der Waals surface area contributed by atoms with Gasteiger partial charge in [0, 0.05) is 26.0 Å². The molecule has 1 heterocycles. The van der Waals surface area contributed by atoms with E-state index in [0.29, 0.717) is 0 Å². The lowest BCUT2D eigenvalue weighted by Gasteiger charge is -2.09. The second-order valence-electron chi connectivity index (χ2n) is 2.04. The van der Waals surface area contributed by atoms with Crippen molar-refractivity contribution in [2.75, 3.05) is 19.0 Å². The monoisotopic (exact) mass is 121 g/mol. The number of hydrogen-bond donors (Lipinski definition) is 0. The Morgan fingerprint density at radius 1 is 1.56 bits per heavy atom. The van der Waals surface area contributed by atoms with E-state index in [0.717, 1.165) is 5.69 Å². The standard InChI is InChI=1S/C7H9N2/c1-9(2)7-3-5-8-6-4-7/h3-5H,1-2H3. The Labute approximate surface area is 55.1 Å². The maximum atomic E-state index is 3.78. The molecule has 1 aromatic heterocycles. The zero-order valence-corrected chi connectivity index (χ0v) is 5.63. The first kappa shape index (κ1) is 6.08. The van der Waals surface area contributed by atoms with Crippen molar-refractivity contribution in [3.8, 4) is 0 Å². The lowest BCUT2D eigenvalue weighted by molar-refractivity contribution is 1.12. The topological polar surface area (TPSA) is 16.1 Å². The maximum absolute atomic E-state index is 3.78. The summed E-state index contributed by atoms with van der Waals surface area (Å²) in [6.07, 6.45) is 4.48. The van der Waals surface area contributed by atoms with Gasteiger partial charge in [0.15, 0.2) is 0 Å². The van der Waals surface area contributed by atoms with Crippen LogP contribution in [-0.4, -0.2) is 19.1 Å². The van der Waals surface area contributed by atoms with Crippen molar-refractivity contribution < 1.29 is 0 Å². The minimum atomic E-state index is 1.13. The van der Waals surface area contributed by atoms with Crippen molar-refractivity contribution in [3.05, 3.63) is 24.5 Å². The Hall–Kier alpha value is -1.05. The van der Waals surface area contributed by atoms with Crippen LogP contribution in [0.3, 0.4) is 0 Å². The first-order valence-corrected chi connectivity index (χ1v) is 2.80. The van der Waals surface area contributed by atoms with E-state index in [-0.39, 0.29) is 0 Å². The highest BCUT2D eigenvalue weighted by Gasteiger charge is 1.88. The Morgan fingerprint density at radius 2 is 2.33 bits per heavy atom. The van der Waals surface area contributed by atoms with Crippen molar-refractivity contribution in [1.29, 1.82) is 0 Å². The summed E-state index contributed by atoms with van der Waals surface area (Å²) in [6, 6.07) is 3.79. The minimum absolute atomic E-state index is 1.13. The molecule has 0 fully saturated rings. The zero-order chi connectivity index (χ0) is 6.69. The summed E-state index contributed by atoms with van der Waals surface area (Å²) in [7, 11) is 3.98. The van der Waals surface area contributed by atoms with Crippen LogP contribution in [0.1, 0.15) is 0 Å². The van der Waals surface area contributed by atoms with Crippen molar-refractivity contribution in [2.45, 2.75) is 0 Å². The van der Waals surface area contributed by atoms with Crippen LogP contribution in [0.15, 0.2) is 18.3 Å². The molecule has 0 aliphatic rings. The largest absolute Gasteiger partial charge is 0.378 e. The predicted octanol–water partition coefficient (Wildman–Crippen LogP) is 0.948. The second kappa shape index (κ2) is 2.49. The number of anilines is 1. The zero-order valence-electron chi connectivity index (χ0n) is 5.63. The molecule has 0 spiro atoms. The number of rotatable bonds is 1. The Balaban J connectivity index is 2.85. The Kier molecular flexibility index (Phi) is 1.68. The third-order valence-corrected chi connectivity index (χ3v) is 1.12. The molecule has 0 unspecified atom stereocenters. The number of nitrogens with zero attached hydrogens (tertiary/aromatic N) is 2. The maximum Gasteiger partial charge on any atom is 0.0907 e. The van der Waals surface area contributed by atoms with Gasteiger partial charge < -0.3 is 4.90 Å². The molecule has 9 heavy (non-hydrogen) atoms. The summed E-state index contributed by atoms with van der Waals surface area (Å²) in [5, 5.41) is 0. The normalized spacial score (nSPS) is 9.11. The molecule has 2 heteroatoms. The third kappa shape index (κ3) is 1.42. The fourth-order valence-electron chi connectivity index (χ4n) is 0.586. The molecular formula is C7H9N2. The minimum Gasteiger partial charge on any atom is -0.378 e. The first-order valence-electron chi connectivity index (χ1n) is 2.80. The van der Waals surface area contributed by atoms with E-state index in [4.69, 9.17) is 0 Å². The lowest BCUT2D eigenvalue weighted by atomic mass is 10.4. The van der Waals surface area contributed by atoms with Crippen LogP contribution in [0.2, 0.25) is 0 Å². The van der Waals surface area contributed by atoms with Gasteiger partial charge >= 0.3 is 0 Å². The molecule has 0 atom stereocenters. The molecule has 0 N–H and O–H groups in total. The van der Waals surface area contributed by atoms with Gasteiger partial charge in [0.05, 0.1) is 6.20 Å². The van der Waals surface area contributed by atoms with Gasteiger partial charge in [-0.3, -0.25) is 4.98 Å². The van der Waals surface area contributed by atoms with Crippen LogP contribution in [-0.2, 0) is 0 Å². The van der Waals surface area contributed by atoms with Crippen LogP contribution in [0, 0.1) is 6.20 Å². The molecule has 0 aliphatic heterocycles. The third-order valence-electron chi connectivity index (χ3n) is 1.12. The smallest absolute Gasteiger partial charge is 0.0907 e. The van der Waals surface area contributed by atoms with E-state index in [1.54, 1.807) is 6.20 Å². The molecule has 1 aromatic rings.